The van der Waals surface area contributed by atoms with Crippen molar-refractivity contribution in [1.29, 1.82) is 0 Å². The van der Waals surface area contributed by atoms with Crippen LogP contribution >= 0.6 is 0 Å². The maximum Gasteiger partial charge on any atom is 0.261 e. The first-order valence-corrected chi connectivity index (χ1v) is 13.3. The summed E-state index contributed by atoms with van der Waals surface area (Å²) in [7, 11) is 0. The Balaban J connectivity index is 1.19. The third-order valence-electron chi connectivity index (χ3n) is 10.1. The number of terminal acetylenes is 1. The molecule has 0 unspecified atom stereocenters. The number of oxime groups is 1. The second-order valence-electron chi connectivity index (χ2n) is 11.8. The number of nitrogens with one attached hydrogen (secondary N) is 1. The van der Waals surface area contributed by atoms with Gasteiger partial charge in [0.05, 0.1) is 5.71 Å². The van der Waals surface area contributed by atoms with Crippen LogP contribution in [0, 0.1) is 46.7 Å². The molecule has 1 amide bonds. The summed E-state index contributed by atoms with van der Waals surface area (Å²) in [6, 6.07) is 6.04. The van der Waals surface area contributed by atoms with E-state index in [1.807, 2.05) is 0 Å². The van der Waals surface area contributed by atoms with Crippen LogP contribution in [0.4, 0.5) is 4.39 Å². The lowest BCUT2D eigenvalue weighted by Crippen LogP contribution is -2.54. The average Bonchev–Trinajstić information content (AvgIpc) is 3.15. The van der Waals surface area contributed by atoms with E-state index in [4.69, 9.17) is 11.3 Å². The molecule has 0 spiro atoms. The highest BCUT2D eigenvalue weighted by Gasteiger charge is 2.63. The third-order valence-corrected chi connectivity index (χ3v) is 10.1. The van der Waals surface area contributed by atoms with Gasteiger partial charge in [-0.2, -0.15) is 0 Å². The first kappa shape index (κ1) is 25.0. The molecule has 0 aliphatic heterocycles. The summed E-state index contributed by atoms with van der Waals surface area (Å²) in [6.07, 6.45) is 15.9. The summed E-state index contributed by atoms with van der Waals surface area (Å²) < 4.78 is 13.0. The van der Waals surface area contributed by atoms with Crippen LogP contribution in [0.5, 0.6) is 0 Å². The van der Waals surface area contributed by atoms with Crippen molar-refractivity contribution in [3.8, 4) is 12.3 Å². The van der Waals surface area contributed by atoms with Gasteiger partial charge in [0.1, 0.15) is 11.4 Å². The van der Waals surface area contributed by atoms with Gasteiger partial charge in [-0.05, 0) is 98.3 Å². The highest BCUT2D eigenvalue weighted by atomic mass is 19.1. The molecule has 2 N–H and O–H groups in total. The van der Waals surface area contributed by atoms with Crippen LogP contribution in [0.2, 0.25) is 0 Å². The minimum absolute atomic E-state index is 0.145. The Morgan fingerprint density at radius 2 is 1.92 bits per heavy atom. The van der Waals surface area contributed by atoms with Crippen LogP contribution in [-0.4, -0.2) is 28.9 Å². The molecular weight excluding hydrogens is 455 g/mol. The number of amides is 1. The Kier molecular flexibility index (Phi) is 6.49. The van der Waals surface area contributed by atoms with Gasteiger partial charge in [0.25, 0.3) is 5.91 Å². The number of hydrogen-bond donors (Lipinski definition) is 2. The van der Waals surface area contributed by atoms with Crippen molar-refractivity contribution in [2.24, 2.45) is 33.7 Å². The summed E-state index contributed by atoms with van der Waals surface area (Å²) >= 11 is 0. The maximum absolute atomic E-state index is 13.0. The van der Waals surface area contributed by atoms with Crippen LogP contribution in [-0.2, 0) is 16.2 Å². The summed E-state index contributed by atoms with van der Waals surface area (Å²) in [5.41, 5.74) is 2.18. The Morgan fingerprint density at radius 1 is 1.17 bits per heavy atom. The lowest BCUT2D eigenvalue weighted by molar-refractivity contribution is -0.125. The molecule has 4 aliphatic rings. The first-order chi connectivity index (χ1) is 17.2. The molecule has 3 fully saturated rings. The number of carbonyl (C=O) groups excluding carboxylic acids is 1. The fourth-order valence-corrected chi connectivity index (χ4v) is 7.92. The molecule has 1 aromatic rings. The van der Waals surface area contributed by atoms with Crippen LogP contribution in [0.1, 0.15) is 70.8 Å². The predicted octanol–water partition coefficient (Wildman–Crippen LogP) is 5.14. The van der Waals surface area contributed by atoms with Crippen molar-refractivity contribution >= 4 is 11.6 Å². The van der Waals surface area contributed by atoms with E-state index in [2.05, 4.69) is 36.3 Å². The zero-order valence-electron chi connectivity index (χ0n) is 21.4. The standard InChI is InChI=1S/C30H37FN2O3/c1-4-30(35)16-13-26-24-10-7-21-17-23(11-14-28(21,2)25(24)12-15-29(26,30)3)33-36-19-27(34)32-18-20-5-8-22(31)9-6-20/h1,5-6,8-9,17,24-26,35H,7,10-16,18-19H2,2-3H3,(H,32,34)/b33-23-/t24-,25+,26+,28+,29+,30-/m1/s1. The number of rotatable bonds is 5. The molecule has 36 heavy (non-hydrogen) atoms. The van der Waals surface area contributed by atoms with Crippen LogP contribution in [0.3, 0.4) is 0 Å². The van der Waals surface area contributed by atoms with E-state index in [1.165, 1.54) is 17.7 Å². The largest absolute Gasteiger partial charge is 0.385 e. The number of fused-ring (bicyclic) bond motifs is 5. The molecule has 4 aliphatic carbocycles. The van der Waals surface area contributed by atoms with Gasteiger partial charge in [-0.1, -0.05) is 42.6 Å². The molecular formula is C30H37FN2O3. The van der Waals surface area contributed by atoms with Crippen molar-refractivity contribution in [1.82, 2.24) is 5.32 Å². The van der Waals surface area contributed by atoms with Crippen molar-refractivity contribution in [3.05, 3.63) is 47.3 Å². The number of carbonyl (C=O) groups is 1. The Hall–Kier alpha value is -2.65. The molecule has 0 aromatic heterocycles. The van der Waals surface area contributed by atoms with Crippen LogP contribution < -0.4 is 5.32 Å². The van der Waals surface area contributed by atoms with Gasteiger partial charge < -0.3 is 15.3 Å². The number of allylic oxidation sites excluding steroid dienone is 2. The fourth-order valence-electron chi connectivity index (χ4n) is 7.92. The number of halogens is 1. The molecule has 5 nitrogen and oxygen atoms in total. The Bertz CT molecular complexity index is 1120. The number of nitrogens with zero attached hydrogens (tertiary/aromatic N) is 1. The Labute approximate surface area is 213 Å². The van der Waals surface area contributed by atoms with Crippen LogP contribution in [0.25, 0.3) is 0 Å². The normalized spacial score (nSPS) is 38.2. The SMILES string of the molecule is C#C[C@@]1(O)CC[C@H]2[C@@H]3CCC4=C/C(=N\OCC(=O)NCc5ccc(F)cc5)CC[C@]4(C)[C@H]3CC[C@@]21C. The molecule has 0 saturated heterocycles. The van der Waals surface area contributed by atoms with Crippen molar-refractivity contribution in [3.63, 3.8) is 0 Å². The second-order valence-corrected chi connectivity index (χ2v) is 11.8. The first-order valence-electron chi connectivity index (χ1n) is 13.3. The Morgan fingerprint density at radius 3 is 2.67 bits per heavy atom. The number of aliphatic hydroxyl groups is 1. The quantitative estimate of drug-likeness (QED) is 0.442. The third kappa shape index (κ3) is 4.16. The van der Waals surface area contributed by atoms with Gasteiger partial charge in [-0.15, -0.1) is 6.42 Å². The molecule has 6 atom stereocenters. The zero-order valence-corrected chi connectivity index (χ0v) is 21.4. The summed E-state index contributed by atoms with van der Waals surface area (Å²) in [4.78, 5) is 17.5. The zero-order chi connectivity index (χ0) is 25.6. The summed E-state index contributed by atoms with van der Waals surface area (Å²) in [5, 5.41) is 18.2. The van der Waals surface area contributed by atoms with E-state index < -0.39 is 5.60 Å². The molecule has 192 valence electrons. The molecule has 6 heteroatoms. The van der Waals surface area contributed by atoms with Gasteiger partial charge >= 0.3 is 0 Å². The highest BCUT2D eigenvalue weighted by Crippen LogP contribution is 2.67. The van der Waals surface area contributed by atoms with E-state index >= 15 is 0 Å². The molecule has 0 radical (unpaired) electrons. The number of hydrogen-bond acceptors (Lipinski definition) is 4. The highest BCUT2D eigenvalue weighted by molar-refractivity contribution is 5.96. The van der Waals surface area contributed by atoms with Gasteiger partial charge in [-0.3, -0.25) is 4.79 Å². The van der Waals surface area contributed by atoms with Crippen molar-refractivity contribution in [2.75, 3.05) is 6.61 Å². The van der Waals surface area contributed by atoms with Crippen molar-refractivity contribution in [2.45, 2.75) is 77.4 Å². The lowest BCUT2D eigenvalue weighted by atomic mass is 9.46. The minimum atomic E-state index is -0.964. The van der Waals surface area contributed by atoms with Crippen LogP contribution in [0.15, 0.2) is 41.1 Å². The van der Waals surface area contributed by atoms with Gasteiger partial charge in [-0.25, -0.2) is 4.39 Å². The van der Waals surface area contributed by atoms with Gasteiger partial charge in [0.2, 0.25) is 0 Å². The maximum atomic E-state index is 13.0. The topological polar surface area (TPSA) is 70.9 Å². The monoisotopic (exact) mass is 492 g/mol. The lowest BCUT2D eigenvalue weighted by Gasteiger charge is -2.58. The molecule has 3 saturated carbocycles. The minimum Gasteiger partial charge on any atom is -0.385 e. The molecule has 0 heterocycles. The smallest absolute Gasteiger partial charge is 0.261 e. The molecule has 5 rings (SSSR count). The van der Waals surface area contributed by atoms with E-state index in [9.17, 15) is 14.3 Å². The van der Waals surface area contributed by atoms with Gasteiger partial charge in [0, 0.05) is 12.0 Å². The predicted molar refractivity (Wildman–Crippen MR) is 137 cm³/mol. The molecule has 1 aromatic carbocycles. The second kappa shape index (κ2) is 9.34. The summed E-state index contributed by atoms with van der Waals surface area (Å²) in [6.45, 7) is 4.82. The number of benzene rings is 1. The van der Waals surface area contributed by atoms with Gasteiger partial charge in [0.15, 0.2) is 6.61 Å². The van der Waals surface area contributed by atoms with E-state index in [0.717, 1.165) is 62.6 Å². The van der Waals surface area contributed by atoms with Crippen molar-refractivity contribution < 1.29 is 19.1 Å². The molecule has 0 bridgehead atoms. The average molecular weight is 493 g/mol. The van der Waals surface area contributed by atoms with E-state index in [1.54, 1.807) is 12.1 Å². The van der Waals surface area contributed by atoms with E-state index in [-0.39, 0.29) is 29.2 Å². The van der Waals surface area contributed by atoms with E-state index in [0.29, 0.717) is 24.3 Å². The summed E-state index contributed by atoms with van der Waals surface area (Å²) in [5.74, 6) is 3.91. The fraction of sp³-hybridized carbons (Fsp3) is 0.600.